The van der Waals surface area contributed by atoms with Gasteiger partial charge in [-0.3, -0.25) is 9.69 Å². The molecule has 152 valence electrons. The van der Waals surface area contributed by atoms with Crippen molar-refractivity contribution >= 4 is 17.9 Å². The van der Waals surface area contributed by atoms with Crippen LogP contribution in [-0.2, 0) is 21.6 Å². The van der Waals surface area contributed by atoms with E-state index in [0.717, 1.165) is 11.1 Å². The van der Waals surface area contributed by atoms with Crippen molar-refractivity contribution in [3.8, 4) is 5.75 Å². The maximum absolute atomic E-state index is 13.1. The second-order valence-electron chi connectivity index (χ2n) is 7.05. The number of carbonyl (C=O) groups is 3. The zero-order chi connectivity index (χ0) is 21.2. The Morgan fingerprint density at radius 1 is 1.14 bits per heavy atom. The van der Waals surface area contributed by atoms with Crippen molar-refractivity contribution in [2.24, 2.45) is 0 Å². The van der Waals surface area contributed by atoms with Crippen LogP contribution < -0.4 is 10.1 Å². The van der Waals surface area contributed by atoms with Crippen LogP contribution in [0.15, 0.2) is 42.5 Å². The summed E-state index contributed by atoms with van der Waals surface area (Å²) in [4.78, 5) is 38.6. The molecule has 2 aromatic rings. The molecule has 0 aliphatic carbocycles. The van der Waals surface area contributed by atoms with Gasteiger partial charge in [-0.2, -0.15) is 0 Å². The summed E-state index contributed by atoms with van der Waals surface area (Å²) in [5, 5.41) is 2.80. The van der Waals surface area contributed by atoms with Crippen molar-refractivity contribution in [3.05, 3.63) is 64.7 Å². The van der Waals surface area contributed by atoms with E-state index in [2.05, 4.69) is 5.32 Å². The van der Waals surface area contributed by atoms with Gasteiger partial charge in [-0.15, -0.1) is 0 Å². The first-order valence-electron chi connectivity index (χ1n) is 9.35. The fourth-order valence-electron chi connectivity index (χ4n) is 3.37. The van der Waals surface area contributed by atoms with Gasteiger partial charge in [0.1, 0.15) is 11.3 Å². The van der Waals surface area contributed by atoms with E-state index >= 15 is 0 Å². The minimum atomic E-state index is -1.15. The average Bonchev–Trinajstić information content (AvgIpc) is 2.92. The molecule has 29 heavy (non-hydrogen) atoms. The van der Waals surface area contributed by atoms with Gasteiger partial charge >= 0.3 is 12.0 Å². The molecule has 0 spiro atoms. The summed E-state index contributed by atoms with van der Waals surface area (Å²) in [6, 6.07) is 11.6. The van der Waals surface area contributed by atoms with E-state index in [1.54, 1.807) is 57.4 Å². The van der Waals surface area contributed by atoms with Gasteiger partial charge in [0.2, 0.25) is 0 Å². The zero-order valence-corrected chi connectivity index (χ0v) is 16.9. The lowest BCUT2D eigenvalue weighted by Crippen LogP contribution is -2.40. The number of benzene rings is 2. The van der Waals surface area contributed by atoms with Crippen molar-refractivity contribution in [2.75, 3.05) is 13.7 Å². The van der Waals surface area contributed by atoms with E-state index in [4.69, 9.17) is 9.47 Å². The second kappa shape index (κ2) is 7.95. The van der Waals surface area contributed by atoms with Crippen molar-refractivity contribution in [2.45, 2.75) is 32.9 Å². The van der Waals surface area contributed by atoms with Crippen molar-refractivity contribution in [3.63, 3.8) is 0 Å². The van der Waals surface area contributed by atoms with Gasteiger partial charge in [0.05, 0.1) is 25.8 Å². The van der Waals surface area contributed by atoms with Crippen LogP contribution in [0.2, 0.25) is 0 Å². The molecular formula is C22H24N2O5. The molecule has 3 rings (SSSR count). The molecule has 3 amide bonds. The third kappa shape index (κ3) is 3.81. The number of urea groups is 1. The number of aryl methyl sites for hydroxylation is 1. The number of nitrogens with zero attached hydrogens (tertiary/aromatic N) is 1. The topological polar surface area (TPSA) is 84.9 Å². The molecule has 0 radical (unpaired) electrons. The minimum Gasteiger partial charge on any atom is -0.496 e. The summed E-state index contributed by atoms with van der Waals surface area (Å²) in [5.41, 5.74) is 1.57. The van der Waals surface area contributed by atoms with E-state index in [-0.39, 0.29) is 12.5 Å². The molecule has 1 saturated heterocycles. The number of ether oxygens (including phenoxy) is 2. The Bertz CT molecular complexity index is 954. The summed E-state index contributed by atoms with van der Waals surface area (Å²) >= 11 is 0. The zero-order valence-electron chi connectivity index (χ0n) is 16.9. The summed E-state index contributed by atoms with van der Waals surface area (Å²) in [7, 11) is 1.58. The molecule has 1 unspecified atom stereocenters. The first-order chi connectivity index (χ1) is 13.8. The number of rotatable bonds is 6. The third-order valence-corrected chi connectivity index (χ3v) is 5.05. The molecule has 1 aliphatic heterocycles. The number of methoxy groups -OCH3 is 1. The predicted molar refractivity (Wildman–Crippen MR) is 107 cm³/mol. The monoisotopic (exact) mass is 396 g/mol. The van der Waals surface area contributed by atoms with Crippen LogP contribution in [0.5, 0.6) is 5.75 Å². The van der Waals surface area contributed by atoms with Gasteiger partial charge in [0, 0.05) is 0 Å². The summed E-state index contributed by atoms with van der Waals surface area (Å²) < 4.78 is 10.2. The number of hydrogen-bond donors (Lipinski definition) is 1. The first kappa shape index (κ1) is 20.4. The van der Waals surface area contributed by atoms with Crippen molar-refractivity contribution < 1.29 is 23.9 Å². The Morgan fingerprint density at radius 2 is 1.83 bits per heavy atom. The smallest absolute Gasteiger partial charge is 0.338 e. The Morgan fingerprint density at radius 3 is 2.41 bits per heavy atom. The molecule has 1 fully saturated rings. The molecule has 1 aliphatic rings. The van der Waals surface area contributed by atoms with Gasteiger partial charge in [0.25, 0.3) is 5.91 Å². The van der Waals surface area contributed by atoms with Crippen LogP contribution in [0.1, 0.15) is 40.9 Å². The highest BCUT2D eigenvalue weighted by Gasteiger charge is 2.49. The number of carbonyl (C=O) groups excluding carboxylic acids is 3. The molecule has 1 N–H and O–H groups in total. The minimum absolute atomic E-state index is 0.110. The first-order valence-corrected chi connectivity index (χ1v) is 9.35. The fourth-order valence-corrected chi connectivity index (χ4v) is 3.37. The molecule has 1 atom stereocenters. The number of nitrogens with one attached hydrogen (secondary N) is 1. The Kier molecular flexibility index (Phi) is 5.59. The van der Waals surface area contributed by atoms with Gasteiger partial charge in [-0.1, -0.05) is 18.2 Å². The normalized spacial score (nSPS) is 18.6. The molecule has 0 aromatic heterocycles. The number of hydrogen-bond acceptors (Lipinski definition) is 5. The van der Waals surface area contributed by atoms with Crippen LogP contribution in [-0.4, -0.2) is 36.5 Å². The molecule has 7 heteroatoms. The van der Waals surface area contributed by atoms with Gasteiger partial charge in [0.15, 0.2) is 0 Å². The highest BCUT2D eigenvalue weighted by atomic mass is 16.5. The van der Waals surface area contributed by atoms with Gasteiger partial charge in [-0.05, 0) is 61.7 Å². The van der Waals surface area contributed by atoms with E-state index in [1.165, 1.54) is 4.90 Å². The number of amides is 3. The van der Waals surface area contributed by atoms with Crippen LogP contribution >= 0.6 is 0 Å². The quantitative estimate of drug-likeness (QED) is 0.599. The largest absolute Gasteiger partial charge is 0.496 e. The lowest BCUT2D eigenvalue weighted by atomic mass is 9.90. The summed E-state index contributed by atoms with van der Waals surface area (Å²) in [5.74, 6) is -0.0225. The van der Waals surface area contributed by atoms with Crippen molar-refractivity contribution in [1.29, 1.82) is 0 Å². The molecular weight excluding hydrogens is 372 g/mol. The summed E-state index contributed by atoms with van der Waals surface area (Å²) in [6.45, 7) is 5.73. The van der Waals surface area contributed by atoms with Crippen molar-refractivity contribution in [1.82, 2.24) is 10.2 Å². The molecule has 2 aromatic carbocycles. The van der Waals surface area contributed by atoms with Crippen LogP contribution in [0, 0.1) is 6.92 Å². The van der Waals surface area contributed by atoms with Crippen LogP contribution in [0.3, 0.4) is 0 Å². The predicted octanol–water partition coefficient (Wildman–Crippen LogP) is 3.15. The number of imide groups is 1. The van der Waals surface area contributed by atoms with E-state index < -0.39 is 17.5 Å². The molecule has 1 heterocycles. The Balaban J connectivity index is 1.80. The van der Waals surface area contributed by atoms with Crippen LogP contribution in [0.25, 0.3) is 0 Å². The number of esters is 1. The Labute approximate surface area is 169 Å². The van der Waals surface area contributed by atoms with E-state index in [1.807, 2.05) is 13.0 Å². The SMILES string of the molecule is CCOC(=O)c1ccc(CN2C(=O)NC(C)(c3ccc(OC)c(C)c3)C2=O)cc1. The van der Waals surface area contributed by atoms with E-state index in [9.17, 15) is 14.4 Å². The Hall–Kier alpha value is -3.35. The standard InChI is InChI=1S/C22H24N2O5/c1-5-29-19(25)16-8-6-15(7-9-16)13-24-20(26)22(3,23-21(24)27)17-10-11-18(28-4)14(2)12-17/h6-12H,5,13H2,1-4H3,(H,23,27). The van der Waals surface area contributed by atoms with E-state index in [0.29, 0.717) is 23.5 Å². The fraction of sp³-hybridized carbons (Fsp3) is 0.318. The third-order valence-electron chi connectivity index (χ3n) is 5.05. The molecule has 0 bridgehead atoms. The average molecular weight is 396 g/mol. The molecule has 7 nitrogen and oxygen atoms in total. The highest BCUT2D eigenvalue weighted by Crippen LogP contribution is 2.32. The maximum Gasteiger partial charge on any atom is 0.338 e. The second-order valence-corrected chi connectivity index (χ2v) is 7.05. The van der Waals surface area contributed by atoms with Gasteiger partial charge < -0.3 is 14.8 Å². The highest BCUT2D eigenvalue weighted by molar-refractivity contribution is 6.07. The van der Waals surface area contributed by atoms with Crippen LogP contribution in [0.4, 0.5) is 4.79 Å². The lowest BCUT2D eigenvalue weighted by molar-refractivity contribution is -0.131. The lowest BCUT2D eigenvalue weighted by Gasteiger charge is -2.23. The van der Waals surface area contributed by atoms with Gasteiger partial charge in [-0.25, -0.2) is 9.59 Å². The maximum atomic E-state index is 13.1. The summed E-state index contributed by atoms with van der Waals surface area (Å²) in [6.07, 6.45) is 0. The molecule has 0 saturated carbocycles.